The summed E-state index contributed by atoms with van der Waals surface area (Å²) >= 11 is 0. The van der Waals surface area contributed by atoms with Crippen LogP contribution >= 0.6 is 0 Å². The van der Waals surface area contributed by atoms with Crippen LogP contribution in [0.15, 0.2) is 18.2 Å². The number of hydrogen-bond donors (Lipinski definition) is 1. The number of carbonyl (C=O) groups is 3. The topological polar surface area (TPSA) is 119 Å². The van der Waals surface area contributed by atoms with Crippen molar-refractivity contribution in [1.29, 1.82) is 0 Å². The highest BCUT2D eigenvalue weighted by Crippen LogP contribution is 2.65. The lowest BCUT2D eigenvalue weighted by atomic mass is 9.43. The summed E-state index contributed by atoms with van der Waals surface area (Å²) in [7, 11) is 0.817. The fourth-order valence-corrected chi connectivity index (χ4v) is 6.79. The number of rotatable bonds is 12. The van der Waals surface area contributed by atoms with Crippen molar-refractivity contribution in [3.63, 3.8) is 0 Å². The number of carbonyl (C=O) groups excluding carboxylic acids is 3. The van der Waals surface area contributed by atoms with Crippen LogP contribution < -0.4 is 10.1 Å². The first kappa shape index (κ1) is 31.3. The van der Waals surface area contributed by atoms with E-state index in [4.69, 9.17) is 28.3 Å². The minimum absolute atomic E-state index is 0.0380. The summed E-state index contributed by atoms with van der Waals surface area (Å²) in [6.45, 7) is 13.2. The number of hydrogen-bond acceptors (Lipinski definition) is 9. The average Bonchev–Trinajstić information content (AvgIpc) is 3.29. The minimum atomic E-state index is -1.16. The lowest BCUT2D eigenvalue weighted by Gasteiger charge is -2.64. The second kappa shape index (κ2) is 11.9. The molecule has 0 radical (unpaired) electrons. The summed E-state index contributed by atoms with van der Waals surface area (Å²) in [6, 6.07) is 5.12. The maximum Gasteiger partial charge on any atom is 0.482 e. The van der Waals surface area contributed by atoms with Gasteiger partial charge in [-0.05, 0) is 75.8 Å². The SMILES string of the molecule is CCOC(C)(C)C(=O)OCOC(=O)c1cccc(CC(NC(=O)CC)B2OC3CC4CC(C4(C)C)C3(C)O2)c1OC. The zero-order valence-electron chi connectivity index (χ0n) is 25.5. The molecule has 1 aromatic rings. The van der Waals surface area contributed by atoms with Crippen LogP contribution in [0.4, 0.5) is 0 Å². The molecule has 1 heterocycles. The van der Waals surface area contributed by atoms with Gasteiger partial charge in [-0.1, -0.05) is 32.9 Å². The molecule has 0 aromatic heterocycles. The third-order valence-electron chi connectivity index (χ3n) is 9.30. The second-order valence-corrected chi connectivity index (χ2v) is 12.5. The number of para-hydroxylation sites is 1. The van der Waals surface area contributed by atoms with Crippen LogP contribution in [0.3, 0.4) is 0 Å². The first-order valence-electron chi connectivity index (χ1n) is 14.5. The molecule has 1 amide bonds. The van der Waals surface area contributed by atoms with Crippen molar-refractivity contribution in [3.05, 3.63) is 29.3 Å². The molecule has 3 aliphatic carbocycles. The van der Waals surface area contributed by atoms with E-state index < -0.39 is 43.0 Å². The number of benzene rings is 1. The van der Waals surface area contributed by atoms with Crippen molar-refractivity contribution in [2.75, 3.05) is 20.5 Å². The molecular weight excluding hydrogens is 529 g/mol. The van der Waals surface area contributed by atoms with Gasteiger partial charge >= 0.3 is 19.1 Å². The molecule has 1 saturated heterocycles. The molecule has 2 bridgehead atoms. The van der Waals surface area contributed by atoms with E-state index in [2.05, 4.69) is 26.1 Å². The van der Waals surface area contributed by atoms with E-state index in [1.165, 1.54) is 7.11 Å². The van der Waals surface area contributed by atoms with Gasteiger partial charge in [-0.2, -0.15) is 0 Å². The van der Waals surface area contributed by atoms with Gasteiger partial charge in [0.25, 0.3) is 0 Å². The summed E-state index contributed by atoms with van der Waals surface area (Å²) in [5.41, 5.74) is -0.554. The first-order valence-corrected chi connectivity index (χ1v) is 14.5. The number of ether oxygens (including phenoxy) is 4. The summed E-state index contributed by atoms with van der Waals surface area (Å²) in [5, 5.41) is 3.07. The molecule has 4 fully saturated rings. The van der Waals surface area contributed by atoms with Crippen LogP contribution in [0.5, 0.6) is 5.75 Å². The molecular formula is C30H44BNO9. The van der Waals surface area contributed by atoms with Crippen LogP contribution in [-0.4, -0.2) is 68.7 Å². The highest BCUT2D eigenvalue weighted by Gasteiger charge is 2.68. The fraction of sp³-hybridized carbons (Fsp3) is 0.700. The summed E-state index contributed by atoms with van der Waals surface area (Å²) < 4.78 is 34.5. The molecule has 1 aliphatic heterocycles. The minimum Gasteiger partial charge on any atom is -0.496 e. The molecule has 5 atom stereocenters. The van der Waals surface area contributed by atoms with E-state index >= 15 is 0 Å². The summed E-state index contributed by atoms with van der Waals surface area (Å²) in [6.07, 6.45) is 2.63. The highest BCUT2D eigenvalue weighted by atomic mass is 16.7. The molecule has 3 saturated carbocycles. The van der Waals surface area contributed by atoms with Gasteiger partial charge < -0.3 is 33.6 Å². The predicted octanol–water partition coefficient (Wildman–Crippen LogP) is 3.87. The van der Waals surface area contributed by atoms with E-state index in [1.807, 2.05) is 6.07 Å². The van der Waals surface area contributed by atoms with Gasteiger partial charge in [0.2, 0.25) is 12.7 Å². The monoisotopic (exact) mass is 573 g/mol. The van der Waals surface area contributed by atoms with Crippen molar-refractivity contribution >= 4 is 25.0 Å². The van der Waals surface area contributed by atoms with Crippen LogP contribution in [0.25, 0.3) is 0 Å². The van der Waals surface area contributed by atoms with Crippen molar-refractivity contribution < 1.29 is 42.6 Å². The number of esters is 2. The molecule has 0 spiro atoms. The molecule has 1 aromatic carbocycles. The smallest absolute Gasteiger partial charge is 0.482 e. The van der Waals surface area contributed by atoms with Crippen LogP contribution in [0.2, 0.25) is 0 Å². The van der Waals surface area contributed by atoms with Gasteiger partial charge in [-0.3, -0.25) is 4.79 Å². The van der Waals surface area contributed by atoms with E-state index in [0.29, 0.717) is 42.6 Å². The van der Waals surface area contributed by atoms with Gasteiger partial charge in [0, 0.05) is 13.0 Å². The van der Waals surface area contributed by atoms with Crippen molar-refractivity contribution in [2.24, 2.45) is 17.3 Å². The predicted molar refractivity (Wildman–Crippen MR) is 151 cm³/mol. The Morgan fingerprint density at radius 1 is 1.15 bits per heavy atom. The van der Waals surface area contributed by atoms with Gasteiger partial charge in [-0.15, -0.1) is 0 Å². The Kier molecular flexibility index (Phi) is 9.11. The highest BCUT2D eigenvalue weighted by molar-refractivity contribution is 6.48. The van der Waals surface area contributed by atoms with Gasteiger partial charge in [0.15, 0.2) is 5.60 Å². The lowest BCUT2D eigenvalue weighted by Crippen LogP contribution is -2.65. The Labute approximate surface area is 243 Å². The molecule has 4 aliphatic rings. The van der Waals surface area contributed by atoms with E-state index in [1.54, 1.807) is 39.8 Å². The average molecular weight is 573 g/mol. The van der Waals surface area contributed by atoms with Gasteiger partial charge in [0.1, 0.15) is 11.3 Å². The molecule has 5 rings (SSSR count). The van der Waals surface area contributed by atoms with E-state index in [9.17, 15) is 14.4 Å². The maximum absolute atomic E-state index is 13.0. The number of amides is 1. The largest absolute Gasteiger partial charge is 0.496 e. The fourth-order valence-electron chi connectivity index (χ4n) is 6.79. The molecule has 1 N–H and O–H groups in total. The first-order chi connectivity index (χ1) is 19.3. The zero-order valence-corrected chi connectivity index (χ0v) is 25.5. The molecule has 11 heteroatoms. The molecule has 41 heavy (non-hydrogen) atoms. The lowest BCUT2D eigenvalue weighted by molar-refractivity contribution is -0.199. The Hall–Kier alpha value is -2.63. The van der Waals surface area contributed by atoms with Crippen LogP contribution in [0.1, 0.15) is 83.7 Å². The normalized spacial score (nSPS) is 26.8. The van der Waals surface area contributed by atoms with Crippen molar-refractivity contribution in [3.8, 4) is 5.75 Å². The second-order valence-electron chi connectivity index (χ2n) is 12.5. The Bertz CT molecular complexity index is 1150. The molecule has 226 valence electrons. The van der Waals surface area contributed by atoms with Gasteiger partial charge in [0.05, 0.1) is 24.8 Å². The summed E-state index contributed by atoms with van der Waals surface area (Å²) in [4.78, 5) is 37.8. The third kappa shape index (κ3) is 5.99. The maximum atomic E-state index is 13.0. The molecule has 10 nitrogen and oxygen atoms in total. The number of nitrogens with one attached hydrogen (secondary N) is 1. The Balaban J connectivity index is 1.49. The van der Waals surface area contributed by atoms with Crippen molar-refractivity contribution in [1.82, 2.24) is 5.32 Å². The molecule has 5 unspecified atom stereocenters. The zero-order chi connectivity index (χ0) is 30.2. The Morgan fingerprint density at radius 3 is 2.51 bits per heavy atom. The van der Waals surface area contributed by atoms with E-state index in [0.717, 1.165) is 12.8 Å². The van der Waals surface area contributed by atoms with Crippen LogP contribution in [-0.2, 0) is 39.5 Å². The third-order valence-corrected chi connectivity index (χ3v) is 9.30. The Morgan fingerprint density at radius 2 is 1.88 bits per heavy atom. The van der Waals surface area contributed by atoms with E-state index in [-0.39, 0.29) is 23.0 Å². The quantitative estimate of drug-likeness (QED) is 0.226. The van der Waals surface area contributed by atoms with Crippen molar-refractivity contribution in [2.45, 2.75) is 97.4 Å². The van der Waals surface area contributed by atoms with Crippen LogP contribution in [0, 0.1) is 17.3 Å². The number of methoxy groups -OCH3 is 1. The van der Waals surface area contributed by atoms with Gasteiger partial charge in [-0.25, -0.2) is 9.59 Å². The summed E-state index contributed by atoms with van der Waals surface area (Å²) in [5.74, 6) is -0.705. The standard InChI is InChI=1S/C30H44BNO9/c1-9-24(33)32-23(31-40-22-16-19-15-21(28(19,3)4)30(22,7)41-31)14-18-12-11-13-20(25(18)36-8)26(34)37-17-38-27(35)29(5,6)39-10-2/h11-13,19,21-23H,9-10,14-17H2,1-8H3,(H,32,33).